The SMILES string of the molecule is Clc1cc(Cl)cc(NCCN2CCOCC2)c1. The minimum atomic E-state index is 0.659. The van der Waals surface area contributed by atoms with Crippen LogP contribution < -0.4 is 5.32 Å². The number of halogens is 2. The molecule has 1 heterocycles. The quantitative estimate of drug-likeness (QED) is 0.914. The van der Waals surface area contributed by atoms with E-state index in [4.69, 9.17) is 27.9 Å². The van der Waals surface area contributed by atoms with E-state index in [-0.39, 0.29) is 0 Å². The van der Waals surface area contributed by atoms with Crippen LogP contribution in [-0.2, 0) is 4.74 Å². The number of ether oxygens (including phenoxy) is 1. The lowest BCUT2D eigenvalue weighted by molar-refractivity contribution is 0.0398. The molecule has 0 radical (unpaired) electrons. The van der Waals surface area contributed by atoms with E-state index in [1.807, 2.05) is 12.1 Å². The zero-order chi connectivity index (χ0) is 12.1. The molecule has 1 fully saturated rings. The van der Waals surface area contributed by atoms with Gasteiger partial charge >= 0.3 is 0 Å². The van der Waals surface area contributed by atoms with Crippen LogP contribution in [0.2, 0.25) is 10.0 Å². The fraction of sp³-hybridized carbons (Fsp3) is 0.500. The van der Waals surface area contributed by atoms with Crippen molar-refractivity contribution in [3.8, 4) is 0 Å². The Morgan fingerprint density at radius 2 is 1.76 bits per heavy atom. The van der Waals surface area contributed by atoms with Crippen LogP contribution in [0.1, 0.15) is 0 Å². The minimum absolute atomic E-state index is 0.659. The van der Waals surface area contributed by atoms with Crippen molar-refractivity contribution in [1.82, 2.24) is 4.90 Å². The average Bonchev–Trinajstić information content (AvgIpc) is 2.29. The number of nitrogens with zero attached hydrogens (tertiary/aromatic N) is 1. The lowest BCUT2D eigenvalue weighted by atomic mass is 10.3. The second kappa shape index (κ2) is 6.45. The molecule has 1 saturated heterocycles. The van der Waals surface area contributed by atoms with Gasteiger partial charge < -0.3 is 10.1 Å². The van der Waals surface area contributed by atoms with Crippen molar-refractivity contribution in [2.45, 2.75) is 0 Å². The standard InChI is InChI=1S/C12H16Cl2N2O/c13-10-7-11(14)9-12(8-10)15-1-2-16-3-5-17-6-4-16/h7-9,15H,1-6H2. The highest BCUT2D eigenvalue weighted by Crippen LogP contribution is 2.22. The Kier molecular flexibility index (Phi) is 4.92. The van der Waals surface area contributed by atoms with Gasteiger partial charge in [0.05, 0.1) is 13.2 Å². The molecule has 3 nitrogen and oxygen atoms in total. The Balaban J connectivity index is 1.77. The Morgan fingerprint density at radius 3 is 2.41 bits per heavy atom. The van der Waals surface area contributed by atoms with E-state index in [1.54, 1.807) is 6.07 Å². The molecule has 5 heteroatoms. The van der Waals surface area contributed by atoms with Crippen molar-refractivity contribution in [3.63, 3.8) is 0 Å². The van der Waals surface area contributed by atoms with E-state index in [1.165, 1.54) is 0 Å². The number of morpholine rings is 1. The molecule has 0 aromatic heterocycles. The molecule has 1 aliphatic heterocycles. The predicted octanol–water partition coefficient (Wildman–Crippen LogP) is 2.74. The number of hydrogen-bond acceptors (Lipinski definition) is 3. The summed E-state index contributed by atoms with van der Waals surface area (Å²) in [5.41, 5.74) is 0.968. The fourth-order valence-electron chi connectivity index (χ4n) is 1.84. The van der Waals surface area contributed by atoms with Gasteiger partial charge in [-0.25, -0.2) is 0 Å². The van der Waals surface area contributed by atoms with Crippen LogP contribution in [0.3, 0.4) is 0 Å². The van der Waals surface area contributed by atoms with Crippen molar-refractivity contribution >= 4 is 28.9 Å². The first-order valence-electron chi connectivity index (χ1n) is 5.74. The Morgan fingerprint density at radius 1 is 1.12 bits per heavy atom. The summed E-state index contributed by atoms with van der Waals surface area (Å²) in [5, 5.41) is 4.64. The summed E-state index contributed by atoms with van der Waals surface area (Å²) in [6.45, 7) is 5.59. The molecule has 2 rings (SSSR count). The summed E-state index contributed by atoms with van der Waals surface area (Å²) in [6.07, 6.45) is 0. The molecule has 1 aromatic rings. The third kappa shape index (κ3) is 4.36. The molecule has 0 unspecified atom stereocenters. The maximum Gasteiger partial charge on any atom is 0.0594 e. The van der Waals surface area contributed by atoms with Crippen LogP contribution in [0.5, 0.6) is 0 Å². The molecule has 0 atom stereocenters. The van der Waals surface area contributed by atoms with Crippen LogP contribution in [0, 0.1) is 0 Å². The first-order chi connectivity index (χ1) is 8.24. The Hall–Kier alpha value is -0.480. The van der Waals surface area contributed by atoms with Crippen molar-refractivity contribution in [3.05, 3.63) is 28.2 Å². The molecule has 0 aliphatic carbocycles. The highest BCUT2D eigenvalue weighted by molar-refractivity contribution is 6.35. The molecule has 1 N–H and O–H groups in total. The van der Waals surface area contributed by atoms with Crippen LogP contribution in [0.25, 0.3) is 0 Å². The van der Waals surface area contributed by atoms with Crippen LogP contribution in [-0.4, -0.2) is 44.3 Å². The van der Waals surface area contributed by atoms with Crippen molar-refractivity contribution < 1.29 is 4.74 Å². The minimum Gasteiger partial charge on any atom is -0.384 e. The average molecular weight is 275 g/mol. The van der Waals surface area contributed by atoms with E-state index in [0.29, 0.717) is 10.0 Å². The van der Waals surface area contributed by atoms with Gasteiger partial charge in [-0.15, -0.1) is 0 Å². The van der Waals surface area contributed by atoms with Gasteiger partial charge in [-0.1, -0.05) is 23.2 Å². The monoisotopic (exact) mass is 274 g/mol. The number of hydrogen-bond donors (Lipinski definition) is 1. The molecule has 0 spiro atoms. The van der Waals surface area contributed by atoms with E-state index in [0.717, 1.165) is 45.1 Å². The fourth-order valence-corrected chi connectivity index (χ4v) is 2.37. The lowest BCUT2D eigenvalue weighted by Gasteiger charge is -2.26. The molecule has 17 heavy (non-hydrogen) atoms. The van der Waals surface area contributed by atoms with Gasteiger partial charge in [0.25, 0.3) is 0 Å². The van der Waals surface area contributed by atoms with Gasteiger partial charge in [-0.05, 0) is 18.2 Å². The maximum atomic E-state index is 5.93. The van der Waals surface area contributed by atoms with E-state index in [9.17, 15) is 0 Å². The third-order valence-electron chi connectivity index (χ3n) is 2.72. The summed E-state index contributed by atoms with van der Waals surface area (Å²) in [5.74, 6) is 0. The van der Waals surface area contributed by atoms with Crippen molar-refractivity contribution in [1.29, 1.82) is 0 Å². The topological polar surface area (TPSA) is 24.5 Å². The second-order valence-corrected chi connectivity index (χ2v) is 4.91. The first-order valence-corrected chi connectivity index (χ1v) is 6.50. The van der Waals surface area contributed by atoms with Gasteiger partial charge in [0, 0.05) is 41.9 Å². The van der Waals surface area contributed by atoms with E-state index < -0.39 is 0 Å². The smallest absolute Gasteiger partial charge is 0.0594 e. The second-order valence-electron chi connectivity index (χ2n) is 4.04. The van der Waals surface area contributed by atoms with Gasteiger partial charge in [-0.2, -0.15) is 0 Å². The molecule has 1 aliphatic rings. The number of anilines is 1. The molecule has 1 aromatic carbocycles. The largest absolute Gasteiger partial charge is 0.384 e. The van der Waals surface area contributed by atoms with Gasteiger partial charge in [0.2, 0.25) is 0 Å². The van der Waals surface area contributed by atoms with Gasteiger partial charge in [0.1, 0.15) is 0 Å². The highest BCUT2D eigenvalue weighted by Gasteiger charge is 2.09. The summed E-state index contributed by atoms with van der Waals surface area (Å²) in [4.78, 5) is 2.38. The molecule has 0 amide bonds. The van der Waals surface area contributed by atoms with Crippen LogP contribution >= 0.6 is 23.2 Å². The molecule has 0 bridgehead atoms. The number of rotatable bonds is 4. The van der Waals surface area contributed by atoms with Gasteiger partial charge in [0.15, 0.2) is 0 Å². The Bertz CT molecular complexity index is 347. The van der Waals surface area contributed by atoms with Crippen molar-refractivity contribution in [2.75, 3.05) is 44.7 Å². The van der Waals surface area contributed by atoms with Crippen molar-refractivity contribution in [2.24, 2.45) is 0 Å². The summed E-state index contributed by atoms with van der Waals surface area (Å²) >= 11 is 11.9. The Labute approximate surface area is 112 Å². The highest BCUT2D eigenvalue weighted by atomic mass is 35.5. The van der Waals surface area contributed by atoms with E-state index >= 15 is 0 Å². The molecule has 0 saturated carbocycles. The molecular weight excluding hydrogens is 259 g/mol. The maximum absolute atomic E-state index is 5.93. The summed E-state index contributed by atoms with van der Waals surface area (Å²) < 4.78 is 5.30. The summed E-state index contributed by atoms with van der Waals surface area (Å²) in [7, 11) is 0. The van der Waals surface area contributed by atoms with Gasteiger partial charge in [-0.3, -0.25) is 4.90 Å². The number of benzene rings is 1. The zero-order valence-electron chi connectivity index (χ0n) is 9.59. The normalized spacial score (nSPS) is 17.1. The van der Waals surface area contributed by atoms with E-state index in [2.05, 4.69) is 10.2 Å². The zero-order valence-corrected chi connectivity index (χ0v) is 11.1. The molecular formula is C12H16Cl2N2O. The van der Waals surface area contributed by atoms with Crippen LogP contribution in [0.4, 0.5) is 5.69 Å². The molecule has 94 valence electrons. The third-order valence-corrected chi connectivity index (χ3v) is 3.16. The first kappa shape index (κ1) is 13.0. The summed E-state index contributed by atoms with van der Waals surface area (Å²) in [6, 6.07) is 5.50. The number of nitrogens with one attached hydrogen (secondary N) is 1. The predicted molar refractivity (Wildman–Crippen MR) is 72.2 cm³/mol. The van der Waals surface area contributed by atoms with Crippen LogP contribution in [0.15, 0.2) is 18.2 Å². The lowest BCUT2D eigenvalue weighted by Crippen LogP contribution is -2.38.